The van der Waals surface area contributed by atoms with Crippen molar-refractivity contribution in [3.63, 3.8) is 0 Å². The lowest BCUT2D eigenvalue weighted by molar-refractivity contribution is 0.425. The Morgan fingerprint density at radius 2 is 1.89 bits per heavy atom. The monoisotopic (exact) mass is 387 g/mol. The third-order valence-electron chi connectivity index (χ3n) is 3.82. The Morgan fingerprint density at radius 3 is 2.56 bits per heavy atom. The number of nitrogen functional groups attached to an aromatic ring is 1. The van der Waals surface area contributed by atoms with E-state index in [-0.39, 0.29) is 11.0 Å². The number of benzene rings is 1. The van der Waals surface area contributed by atoms with Crippen LogP contribution in [0.3, 0.4) is 0 Å². The summed E-state index contributed by atoms with van der Waals surface area (Å²) in [6.07, 6.45) is 4.76. The number of hydrogen-bond donors (Lipinski definition) is 2. The fourth-order valence-electron chi connectivity index (χ4n) is 2.56. The standard InChI is InChI=1S/C18H19ClFN7/c1-27(2)6-5-24-17-15(12-8-22-10-23-9-12)16(25-18(21)26-17)11-3-4-14(20)13(19)7-11/h3-4,7-10H,5-6H2,1-2H3,(H3,21,24,25,26). The zero-order valence-electron chi connectivity index (χ0n) is 14.9. The van der Waals surface area contributed by atoms with Gasteiger partial charge in [0.05, 0.1) is 16.3 Å². The van der Waals surface area contributed by atoms with E-state index in [0.717, 1.165) is 6.54 Å². The van der Waals surface area contributed by atoms with Crippen LogP contribution in [0.4, 0.5) is 16.2 Å². The van der Waals surface area contributed by atoms with Crippen LogP contribution in [0, 0.1) is 5.82 Å². The summed E-state index contributed by atoms with van der Waals surface area (Å²) in [5.74, 6) is 0.143. The third-order valence-corrected chi connectivity index (χ3v) is 4.11. The molecular weight excluding hydrogens is 369 g/mol. The van der Waals surface area contributed by atoms with Gasteiger partial charge in [0.15, 0.2) is 0 Å². The van der Waals surface area contributed by atoms with Gasteiger partial charge < -0.3 is 16.0 Å². The lowest BCUT2D eigenvalue weighted by Crippen LogP contribution is -2.21. The first kappa shape index (κ1) is 18.9. The fourth-order valence-corrected chi connectivity index (χ4v) is 2.74. The van der Waals surface area contributed by atoms with E-state index in [2.05, 4.69) is 25.3 Å². The molecule has 0 amide bonds. The van der Waals surface area contributed by atoms with E-state index >= 15 is 0 Å². The first-order valence-electron chi connectivity index (χ1n) is 8.22. The van der Waals surface area contributed by atoms with Crippen molar-refractivity contribution in [2.45, 2.75) is 0 Å². The fraction of sp³-hybridized carbons (Fsp3) is 0.222. The second kappa shape index (κ2) is 8.24. The molecule has 0 atom stereocenters. The minimum absolute atomic E-state index is 0.00191. The summed E-state index contributed by atoms with van der Waals surface area (Å²) in [5, 5.41) is 3.29. The molecule has 0 bridgehead atoms. The van der Waals surface area contributed by atoms with Crippen molar-refractivity contribution in [3.8, 4) is 22.4 Å². The van der Waals surface area contributed by atoms with Gasteiger partial charge >= 0.3 is 0 Å². The molecule has 0 aliphatic carbocycles. The first-order chi connectivity index (χ1) is 13.0. The van der Waals surface area contributed by atoms with Crippen LogP contribution in [0.25, 0.3) is 22.4 Å². The molecule has 2 aromatic heterocycles. The van der Waals surface area contributed by atoms with Gasteiger partial charge in [-0.05, 0) is 32.3 Å². The normalized spacial score (nSPS) is 11.0. The van der Waals surface area contributed by atoms with E-state index in [1.54, 1.807) is 18.5 Å². The molecule has 27 heavy (non-hydrogen) atoms. The van der Waals surface area contributed by atoms with Crippen LogP contribution in [0.1, 0.15) is 0 Å². The van der Waals surface area contributed by atoms with E-state index in [4.69, 9.17) is 17.3 Å². The number of nitrogens with one attached hydrogen (secondary N) is 1. The molecule has 0 spiro atoms. The lowest BCUT2D eigenvalue weighted by atomic mass is 10.0. The van der Waals surface area contributed by atoms with Crippen LogP contribution in [-0.4, -0.2) is 52.0 Å². The number of anilines is 2. The van der Waals surface area contributed by atoms with Gasteiger partial charge in [-0.1, -0.05) is 11.6 Å². The predicted molar refractivity (Wildman–Crippen MR) is 105 cm³/mol. The van der Waals surface area contributed by atoms with Crippen LogP contribution < -0.4 is 11.1 Å². The molecule has 7 nitrogen and oxygen atoms in total. The summed E-state index contributed by atoms with van der Waals surface area (Å²) < 4.78 is 13.6. The third kappa shape index (κ3) is 4.47. The zero-order chi connectivity index (χ0) is 19.4. The van der Waals surface area contributed by atoms with Gasteiger partial charge in [0.2, 0.25) is 5.95 Å². The molecule has 9 heteroatoms. The van der Waals surface area contributed by atoms with Crippen molar-refractivity contribution in [1.82, 2.24) is 24.8 Å². The second-order valence-corrected chi connectivity index (χ2v) is 6.55. The number of hydrogen-bond acceptors (Lipinski definition) is 7. The van der Waals surface area contributed by atoms with Crippen LogP contribution >= 0.6 is 11.6 Å². The van der Waals surface area contributed by atoms with Gasteiger partial charge in [-0.15, -0.1) is 0 Å². The van der Waals surface area contributed by atoms with E-state index in [1.165, 1.54) is 18.5 Å². The van der Waals surface area contributed by atoms with E-state index in [1.807, 2.05) is 19.0 Å². The Morgan fingerprint density at radius 1 is 1.15 bits per heavy atom. The van der Waals surface area contributed by atoms with Crippen molar-refractivity contribution < 1.29 is 4.39 Å². The molecule has 2 heterocycles. The highest BCUT2D eigenvalue weighted by Crippen LogP contribution is 2.36. The van der Waals surface area contributed by atoms with Crippen molar-refractivity contribution in [2.75, 3.05) is 38.2 Å². The van der Waals surface area contributed by atoms with Crippen LogP contribution in [0.15, 0.2) is 36.9 Å². The zero-order valence-corrected chi connectivity index (χ0v) is 15.7. The average Bonchev–Trinajstić information content (AvgIpc) is 2.64. The van der Waals surface area contributed by atoms with Crippen molar-refractivity contribution in [1.29, 1.82) is 0 Å². The van der Waals surface area contributed by atoms with Gasteiger partial charge in [0, 0.05) is 36.6 Å². The molecule has 0 aliphatic heterocycles. The van der Waals surface area contributed by atoms with Gasteiger partial charge in [0.1, 0.15) is 18.0 Å². The number of aromatic nitrogens is 4. The highest BCUT2D eigenvalue weighted by atomic mass is 35.5. The van der Waals surface area contributed by atoms with Crippen LogP contribution in [0.5, 0.6) is 0 Å². The van der Waals surface area contributed by atoms with E-state index < -0.39 is 5.82 Å². The first-order valence-corrected chi connectivity index (χ1v) is 8.60. The summed E-state index contributed by atoms with van der Waals surface area (Å²) in [5.41, 5.74) is 8.45. The number of rotatable bonds is 6. The highest BCUT2D eigenvalue weighted by molar-refractivity contribution is 6.31. The molecule has 1 aromatic carbocycles. The number of likely N-dealkylation sites (N-methyl/N-ethyl adjacent to an activating group) is 1. The Hall–Kier alpha value is -2.84. The van der Waals surface area contributed by atoms with Gasteiger partial charge in [-0.25, -0.2) is 19.3 Å². The maximum atomic E-state index is 13.6. The topological polar surface area (TPSA) is 92.8 Å². The van der Waals surface area contributed by atoms with Crippen molar-refractivity contribution in [2.24, 2.45) is 0 Å². The molecule has 3 rings (SSSR count). The van der Waals surface area contributed by atoms with Gasteiger partial charge in [-0.2, -0.15) is 4.98 Å². The summed E-state index contributed by atoms with van der Waals surface area (Å²) in [4.78, 5) is 18.9. The van der Waals surface area contributed by atoms with E-state index in [0.29, 0.717) is 34.7 Å². The van der Waals surface area contributed by atoms with Gasteiger partial charge in [-0.3, -0.25) is 0 Å². The smallest absolute Gasteiger partial charge is 0.222 e. The Bertz CT molecular complexity index is 934. The van der Waals surface area contributed by atoms with Crippen molar-refractivity contribution >= 4 is 23.4 Å². The molecule has 0 unspecified atom stereocenters. The maximum absolute atomic E-state index is 13.6. The number of nitrogens with two attached hydrogens (primary N) is 1. The highest BCUT2D eigenvalue weighted by Gasteiger charge is 2.18. The quantitative estimate of drug-likeness (QED) is 0.671. The Balaban J connectivity index is 2.16. The minimum atomic E-state index is -0.503. The molecule has 0 fully saturated rings. The summed E-state index contributed by atoms with van der Waals surface area (Å²) in [6, 6.07) is 4.40. The SMILES string of the molecule is CN(C)CCNc1nc(N)nc(-c2ccc(F)c(Cl)c2)c1-c1cncnc1. The second-order valence-electron chi connectivity index (χ2n) is 6.14. The largest absolute Gasteiger partial charge is 0.368 e. The lowest BCUT2D eigenvalue weighted by Gasteiger charge is -2.17. The number of nitrogens with zero attached hydrogens (tertiary/aromatic N) is 5. The molecule has 0 aliphatic rings. The molecule has 140 valence electrons. The molecule has 3 aromatic rings. The average molecular weight is 388 g/mol. The number of halogens is 2. The van der Waals surface area contributed by atoms with Gasteiger partial charge in [0.25, 0.3) is 0 Å². The molecule has 0 saturated carbocycles. The molecule has 0 saturated heterocycles. The maximum Gasteiger partial charge on any atom is 0.222 e. The van der Waals surface area contributed by atoms with E-state index in [9.17, 15) is 4.39 Å². The summed E-state index contributed by atoms with van der Waals surface area (Å²) in [6.45, 7) is 1.44. The minimum Gasteiger partial charge on any atom is -0.368 e. The van der Waals surface area contributed by atoms with Crippen LogP contribution in [-0.2, 0) is 0 Å². The summed E-state index contributed by atoms with van der Waals surface area (Å²) >= 11 is 5.96. The Labute approximate surface area is 161 Å². The van der Waals surface area contributed by atoms with Crippen molar-refractivity contribution in [3.05, 3.63) is 47.8 Å². The molecule has 3 N–H and O–H groups in total. The predicted octanol–water partition coefficient (Wildman–Crippen LogP) is 2.95. The molecular formula is C18H19ClFN7. The molecule has 0 radical (unpaired) electrons. The Kier molecular flexibility index (Phi) is 5.78. The van der Waals surface area contributed by atoms with Crippen LogP contribution in [0.2, 0.25) is 5.02 Å². The summed E-state index contributed by atoms with van der Waals surface area (Å²) in [7, 11) is 3.96.